The van der Waals surface area contributed by atoms with E-state index in [-0.39, 0.29) is 18.5 Å². The number of aromatic nitrogens is 2. The van der Waals surface area contributed by atoms with Crippen LogP contribution < -0.4 is 5.73 Å². The van der Waals surface area contributed by atoms with E-state index in [1.165, 1.54) is 0 Å². The number of nitrogens with zero attached hydrogens (tertiary/aromatic N) is 2. The zero-order chi connectivity index (χ0) is 15.2. The molecule has 2 N–H and O–H groups in total. The van der Waals surface area contributed by atoms with E-state index in [0.29, 0.717) is 13.3 Å². The molecule has 114 valence electrons. The lowest BCUT2D eigenvalue weighted by molar-refractivity contribution is -0.148. The van der Waals surface area contributed by atoms with E-state index >= 15 is 0 Å². The first-order chi connectivity index (χ1) is 10.1. The van der Waals surface area contributed by atoms with Crippen molar-refractivity contribution in [1.29, 1.82) is 0 Å². The topological polar surface area (TPSA) is 79.4 Å². The van der Waals surface area contributed by atoms with E-state index < -0.39 is 6.04 Å². The van der Waals surface area contributed by atoms with Crippen molar-refractivity contribution in [3.63, 3.8) is 0 Å². The number of hydrogen-bond donors (Lipinski definition) is 1. The van der Waals surface area contributed by atoms with Crippen molar-refractivity contribution in [2.24, 2.45) is 11.7 Å². The Labute approximate surface area is 123 Å². The lowest BCUT2D eigenvalue weighted by atomic mass is 10.1. The molecule has 2 aromatic heterocycles. The van der Waals surface area contributed by atoms with Gasteiger partial charge in [-0.1, -0.05) is 13.8 Å². The Morgan fingerprint density at radius 2 is 2.19 bits per heavy atom. The van der Waals surface area contributed by atoms with Gasteiger partial charge >= 0.3 is 5.97 Å². The Hall–Kier alpha value is -1.92. The smallest absolute Gasteiger partial charge is 0.323 e. The highest BCUT2D eigenvalue weighted by atomic mass is 16.6. The van der Waals surface area contributed by atoms with Gasteiger partial charge in [0.15, 0.2) is 0 Å². The predicted octanol–water partition coefficient (Wildman–Crippen LogP) is 1.54. The first-order valence-corrected chi connectivity index (χ1v) is 6.99. The van der Waals surface area contributed by atoms with Crippen LogP contribution in [0.2, 0.25) is 0 Å². The molecule has 0 saturated carbocycles. The minimum absolute atomic E-state index is 0.0655. The lowest BCUT2D eigenvalue weighted by Gasteiger charge is -2.14. The third kappa shape index (κ3) is 4.03. The third-order valence-corrected chi connectivity index (χ3v) is 3.22. The second-order valence-electron chi connectivity index (χ2n) is 5.18. The van der Waals surface area contributed by atoms with E-state index in [0.717, 1.165) is 11.0 Å². The van der Waals surface area contributed by atoms with Crippen molar-refractivity contribution in [2.45, 2.75) is 26.6 Å². The summed E-state index contributed by atoms with van der Waals surface area (Å²) in [5.41, 5.74) is 6.56. The Bertz CT molecular complexity index is 595. The molecule has 0 fully saturated rings. The molecule has 0 bridgehead atoms. The van der Waals surface area contributed by atoms with Gasteiger partial charge in [-0.3, -0.25) is 4.79 Å². The van der Waals surface area contributed by atoms with Crippen LogP contribution in [-0.2, 0) is 21.0 Å². The summed E-state index contributed by atoms with van der Waals surface area (Å²) in [7, 11) is 0. The highest BCUT2D eigenvalue weighted by Crippen LogP contribution is 2.11. The minimum atomic E-state index is -0.581. The second kappa shape index (κ2) is 7.19. The summed E-state index contributed by atoms with van der Waals surface area (Å²) < 4.78 is 12.4. The number of rotatable bonds is 7. The Morgan fingerprint density at radius 3 is 2.95 bits per heavy atom. The fourth-order valence-corrected chi connectivity index (χ4v) is 1.86. The molecule has 6 heteroatoms. The summed E-state index contributed by atoms with van der Waals surface area (Å²) in [6, 6.07) is 5.29. The van der Waals surface area contributed by atoms with Crippen LogP contribution in [0.25, 0.3) is 11.0 Å². The number of carbonyl (C=O) groups excluding carboxylic acids is 1. The normalized spacial score (nSPS) is 12.8. The molecule has 2 aromatic rings. The Morgan fingerprint density at radius 1 is 1.38 bits per heavy atom. The van der Waals surface area contributed by atoms with E-state index in [1.54, 1.807) is 6.20 Å². The molecule has 21 heavy (non-hydrogen) atoms. The molecule has 0 saturated heterocycles. The average Bonchev–Trinajstić information content (AvgIpc) is 2.89. The number of nitrogens with two attached hydrogens (primary N) is 1. The van der Waals surface area contributed by atoms with Crippen LogP contribution in [-0.4, -0.2) is 34.8 Å². The molecule has 6 nitrogen and oxygen atoms in total. The summed E-state index contributed by atoms with van der Waals surface area (Å²) in [6.07, 6.45) is 3.66. The summed E-state index contributed by atoms with van der Waals surface area (Å²) in [6.45, 7) is 4.66. The van der Waals surface area contributed by atoms with Crippen LogP contribution in [0.1, 0.15) is 13.8 Å². The molecule has 0 amide bonds. The molecule has 2 heterocycles. The molecule has 0 radical (unpaired) electrons. The van der Waals surface area contributed by atoms with Gasteiger partial charge in [-0.05, 0) is 24.1 Å². The Kier molecular flexibility index (Phi) is 5.30. The molecular formula is C15H21N3O3. The van der Waals surface area contributed by atoms with Gasteiger partial charge in [0.2, 0.25) is 0 Å². The Balaban J connectivity index is 1.72. The van der Waals surface area contributed by atoms with Gasteiger partial charge in [0.25, 0.3) is 0 Å². The number of hydrogen-bond acceptors (Lipinski definition) is 5. The number of carbonyl (C=O) groups is 1. The highest BCUT2D eigenvalue weighted by molar-refractivity contribution is 5.76. The van der Waals surface area contributed by atoms with Crippen molar-refractivity contribution in [3.05, 3.63) is 30.6 Å². The molecule has 0 aromatic carbocycles. The van der Waals surface area contributed by atoms with Crippen LogP contribution >= 0.6 is 0 Å². The van der Waals surface area contributed by atoms with Crippen LogP contribution in [0.5, 0.6) is 0 Å². The molecular weight excluding hydrogens is 270 g/mol. The third-order valence-electron chi connectivity index (χ3n) is 3.22. The summed E-state index contributed by atoms with van der Waals surface area (Å²) in [4.78, 5) is 15.8. The summed E-state index contributed by atoms with van der Waals surface area (Å²) >= 11 is 0. The largest absolute Gasteiger partial charge is 0.462 e. The van der Waals surface area contributed by atoms with Gasteiger partial charge in [-0.25, -0.2) is 4.98 Å². The number of pyridine rings is 1. The first-order valence-electron chi connectivity index (χ1n) is 6.99. The first kappa shape index (κ1) is 15.5. The van der Waals surface area contributed by atoms with Crippen molar-refractivity contribution in [3.8, 4) is 0 Å². The van der Waals surface area contributed by atoms with E-state index in [1.807, 2.05) is 42.8 Å². The van der Waals surface area contributed by atoms with Gasteiger partial charge in [-0.15, -0.1) is 0 Å². The van der Waals surface area contributed by atoms with Gasteiger partial charge < -0.3 is 19.8 Å². The quantitative estimate of drug-likeness (QED) is 0.618. The van der Waals surface area contributed by atoms with Gasteiger partial charge in [0.05, 0.1) is 6.61 Å². The standard InChI is InChI=1S/C15H21N3O3/c1-11(2)13(16)15(19)21-9-8-20-10-18-7-5-12-4-3-6-17-14(12)18/h3-7,11,13H,8-10,16H2,1-2H3/t13-/m0/s1. The maximum absolute atomic E-state index is 11.5. The second-order valence-corrected chi connectivity index (χ2v) is 5.18. The summed E-state index contributed by atoms with van der Waals surface area (Å²) in [5.74, 6) is -0.322. The monoisotopic (exact) mass is 291 g/mol. The van der Waals surface area contributed by atoms with Crippen molar-refractivity contribution < 1.29 is 14.3 Å². The molecule has 1 atom stereocenters. The average molecular weight is 291 g/mol. The summed E-state index contributed by atoms with van der Waals surface area (Å²) in [5, 5.41) is 1.07. The fraction of sp³-hybridized carbons (Fsp3) is 0.467. The molecule has 0 aliphatic heterocycles. The SMILES string of the molecule is CC(C)[C@H](N)C(=O)OCCOCn1ccc2cccnc21. The molecule has 0 aliphatic carbocycles. The maximum Gasteiger partial charge on any atom is 0.323 e. The molecule has 2 rings (SSSR count). The molecule has 0 unspecified atom stereocenters. The minimum Gasteiger partial charge on any atom is -0.462 e. The van der Waals surface area contributed by atoms with E-state index in [9.17, 15) is 4.79 Å². The fourth-order valence-electron chi connectivity index (χ4n) is 1.86. The van der Waals surface area contributed by atoms with Crippen LogP contribution in [0.4, 0.5) is 0 Å². The van der Waals surface area contributed by atoms with Crippen LogP contribution in [0.15, 0.2) is 30.6 Å². The molecule has 0 spiro atoms. The van der Waals surface area contributed by atoms with Crippen molar-refractivity contribution >= 4 is 17.0 Å². The van der Waals surface area contributed by atoms with Crippen molar-refractivity contribution in [1.82, 2.24) is 9.55 Å². The zero-order valence-corrected chi connectivity index (χ0v) is 12.4. The van der Waals surface area contributed by atoms with E-state index in [4.69, 9.17) is 15.2 Å². The number of ether oxygens (including phenoxy) is 2. The highest BCUT2D eigenvalue weighted by Gasteiger charge is 2.18. The predicted molar refractivity (Wildman–Crippen MR) is 79.5 cm³/mol. The number of esters is 1. The molecule has 0 aliphatic rings. The number of fused-ring (bicyclic) bond motifs is 1. The van der Waals surface area contributed by atoms with Gasteiger partial charge in [0.1, 0.15) is 25.0 Å². The zero-order valence-electron chi connectivity index (χ0n) is 12.4. The van der Waals surface area contributed by atoms with Gasteiger partial charge in [-0.2, -0.15) is 0 Å². The van der Waals surface area contributed by atoms with Crippen LogP contribution in [0, 0.1) is 5.92 Å². The van der Waals surface area contributed by atoms with Gasteiger partial charge in [0, 0.05) is 17.8 Å². The van der Waals surface area contributed by atoms with E-state index in [2.05, 4.69) is 4.98 Å². The lowest BCUT2D eigenvalue weighted by Crippen LogP contribution is -2.37. The maximum atomic E-state index is 11.5. The van der Waals surface area contributed by atoms with Crippen LogP contribution in [0.3, 0.4) is 0 Å². The van der Waals surface area contributed by atoms with Crippen molar-refractivity contribution in [2.75, 3.05) is 13.2 Å².